The van der Waals surface area contributed by atoms with Crippen LogP contribution in [0.3, 0.4) is 0 Å². The van der Waals surface area contributed by atoms with E-state index >= 15 is 0 Å². The summed E-state index contributed by atoms with van der Waals surface area (Å²) in [5.74, 6) is 3.66. The molecular formula is C15H26N4. The van der Waals surface area contributed by atoms with Crippen LogP contribution in [-0.2, 0) is 6.54 Å². The van der Waals surface area contributed by atoms with Gasteiger partial charge in [-0.1, -0.05) is 13.8 Å². The lowest BCUT2D eigenvalue weighted by Gasteiger charge is -2.32. The van der Waals surface area contributed by atoms with Gasteiger partial charge in [-0.05, 0) is 43.9 Å². The third-order valence-electron chi connectivity index (χ3n) is 4.97. The highest BCUT2D eigenvalue weighted by Crippen LogP contribution is 2.38. The van der Waals surface area contributed by atoms with Crippen LogP contribution in [0.4, 0.5) is 0 Å². The maximum absolute atomic E-state index is 4.25. The molecule has 1 N–H and O–H groups in total. The van der Waals surface area contributed by atoms with Crippen molar-refractivity contribution in [2.75, 3.05) is 6.54 Å². The molecule has 1 aromatic heterocycles. The standard InChI is InChI=1S/C15H26N4/c1-11-3-6-14(9-12(11)2)16-7-8-19-10-17-18-15(19)13-4-5-13/h10-14,16H,3-9H2,1-2H3/t11-,12-,14+/m1/s1. The molecule has 3 atom stereocenters. The largest absolute Gasteiger partial charge is 0.316 e. The van der Waals surface area contributed by atoms with E-state index in [9.17, 15) is 0 Å². The van der Waals surface area contributed by atoms with E-state index in [1.807, 2.05) is 6.33 Å². The first-order chi connectivity index (χ1) is 9.24. The van der Waals surface area contributed by atoms with Crippen molar-refractivity contribution in [2.45, 2.75) is 64.5 Å². The average molecular weight is 262 g/mol. The fraction of sp³-hybridized carbons (Fsp3) is 0.867. The van der Waals surface area contributed by atoms with E-state index < -0.39 is 0 Å². The second-order valence-corrected chi connectivity index (χ2v) is 6.58. The van der Waals surface area contributed by atoms with Crippen LogP contribution in [0.2, 0.25) is 0 Å². The van der Waals surface area contributed by atoms with Gasteiger partial charge in [-0.15, -0.1) is 10.2 Å². The molecule has 19 heavy (non-hydrogen) atoms. The molecule has 3 rings (SSSR count). The Balaban J connectivity index is 1.44. The van der Waals surface area contributed by atoms with E-state index in [0.717, 1.165) is 24.9 Å². The molecule has 0 spiro atoms. The van der Waals surface area contributed by atoms with E-state index in [2.05, 4.69) is 33.9 Å². The Morgan fingerprint density at radius 3 is 2.79 bits per heavy atom. The summed E-state index contributed by atoms with van der Waals surface area (Å²) in [4.78, 5) is 0. The first-order valence-corrected chi connectivity index (χ1v) is 7.85. The zero-order valence-corrected chi connectivity index (χ0v) is 12.2. The van der Waals surface area contributed by atoms with Crippen LogP contribution in [0.1, 0.15) is 57.7 Å². The lowest BCUT2D eigenvalue weighted by Crippen LogP contribution is -2.37. The maximum Gasteiger partial charge on any atom is 0.135 e. The van der Waals surface area contributed by atoms with Crippen molar-refractivity contribution in [3.05, 3.63) is 12.2 Å². The van der Waals surface area contributed by atoms with Crippen molar-refractivity contribution in [1.82, 2.24) is 20.1 Å². The smallest absolute Gasteiger partial charge is 0.135 e. The maximum atomic E-state index is 4.25. The van der Waals surface area contributed by atoms with Gasteiger partial charge in [0.15, 0.2) is 0 Å². The van der Waals surface area contributed by atoms with Crippen molar-refractivity contribution < 1.29 is 0 Å². The van der Waals surface area contributed by atoms with Gasteiger partial charge in [0.1, 0.15) is 12.2 Å². The minimum atomic E-state index is 0.693. The first-order valence-electron chi connectivity index (χ1n) is 7.85. The number of rotatable bonds is 5. The molecule has 0 bridgehead atoms. The van der Waals surface area contributed by atoms with Crippen molar-refractivity contribution in [3.8, 4) is 0 Å². The van der Waals surface area contributed by atoms with Crippen molar-refractivity contribution in [2.24, 2.45) is 11.8 Å². The quantitative estimate of drug-likeness (QED) is 0.887. The molecule has 4 heteroatoms. The molecule has 1 heterocycles. The van der Waals surface area contributed by atoms with E-state index in [0.29, 0.717) is 12.0 Å². The van der Waals surface area contributed by atoms with Crippen LogP contribution in [0.5, 0.6) is 0 Å². The van der Waals surface area contributed by atoms with Crippen molar-refractivity contribution in [3.63, 3.8) is 0 Å². The molecule has 0 saturated heterocycles. The number of hydrogen-bond donors (Lipinski definition) is 1. The Morgan fingerprint density at radius 1 is 1.21 bits per heavy atom. The second kappa shape index (κ2) is 5.61. The van der Waals surface area contributed by atoms with Gasteiger partial charge in [0.05, 0.1) is 0 Å². The van der Waals surface area contributed by atoms with Gasteiger partial charge in [0.25, 0.3) is 0 Å². The van der Waals surface area contributed by atoms with Gasteiger partial charge in [0.2, 0.25) is 0 Å². The Bertz CT molecular complexity index is 410. The summed E-state index contributed by atoms with van der Waals surface area (Å²) in [6, 6.07) is 0.715. The summed E-state index contributed by atoms with van der Waals surface area (Å²) in [6.45, 7) is 6.84. The predicted molar refractivity (Wildman–Crippen MR) is 76.0 cm³/mol. The zero-order chi connectivity index (χ0) is 13.2. The Morgan fingerprint density at radius 2 is 2.05 bits per heavy atom. The molecule has 0 radical (unpaired) electrons. The SMILES string of the molecule is C[C@@H]1CC[C@H](NCCn2cnnc2C2CC2)C[C@H]1C. The molecule has 0 aromatic carbocycles. The van der Waals surface area contributed by atoms with E-state index in [4.69, 9.17) is 0 Å². The van der Waals surface area contributed by atoms with E-state index in [1.165, 1.54) is 37.9 Å². The fourth-order valence-electron chi connectivity index (χ4n) is 3.22. The zero-order valence-electron chi connectivity index (χ0n) is 12.2. The van der Waals surface area contributed by atoms with Crippen LogP contribution >= 0.6 is 0 Å². The highest BCUT2D eigenvalue weighted by molar-refractivity contribution is 5.04. The Kier molecular flexibility index (Phi) is 3.87. The van der Waals surface area contributed by atoms with Gasteiger partial charge < -0.3 is 9.88 Å². The second-order valence-electron chi connectivity index (χ2n) is 6.58. The number of nitrogens with one attached hydrogen (secondary N) is 1. The summed E-state index contributed by atoms with van der Waals surface area (Å²) in [6.07, 6.45) is 8.52. The van der Waals surface area contributed by atoms with Crippen LogP contribution in [0.25, 0.3) is 0 Å². The minimum Gasteiger partial charge on any atom is -0.316 e. The molecule has 2 saturated carbocycles. The molecule has 0 unspecified atom stereocenters. The van der Waals surface area contributed by atoms with Gasteiger partial charge >= 0.3 is 0 Å². The molecule has 2 aliphatic carbocycles. The summed E-state index contributed by atoms with van der Waals surface area (Å²) < 4.78 is 2.24. The van der Waals surface area contributed by atoms with E-state index in [1.54, 1.807) is 0 Å². The Labute approximate surface area is 116 Å². The van der Waals surface area contributed by atoms with Gasteiger partial charge in [-0.3, -0.25) is 0 Å². The van der Waals surface area contributed by atoms with Gasteiger partial charge in [-0.25, -0.2) is 0 Å². The number of nitrogens with zero attached hydrogens (tertiary/aromatic N) is 3. The van der Waals surface area contributed by atoms with Crippen molar-refractivity contribution in [1.29, 1.82) is 0 Å². The van der Waals surface area contributed by atoms with Crippen LogP contribution in [0, 0.1) is 11.8 Å². The third kappa shape index (κ3) is 3.16. The summed E-state index contributed by atoms with van der Waals surface area (Å²) in [5.41, 5.74) is 0. The van der Waals surface area contributed by atoms with E-state index in [-0.39, 0.29) is 0 Å². The normalized spacial score (nSPS) is 31.6. The third-order valence-corrected chi connectivity index (χ3v) is 4.97. The Hall–Kier alpha value is -0.900. The molecule has 4 nitrogen and oxygen atoms in total. The number of hydrogen-bond acceptors (Lipinski definition) is 3. The highest BCUT2D eigenvalue weighted by Gasteiger charge is 2.28. The van der Waals surface area contributed by atoms with Gasteiger partial charge in [0, 0.05) is 25.0 Å². The molecule has 0 aliphatic heterocycles. The molecule has 2 fully saturated rings. The first kappa shape index (κ1) is 13.1. The molecule has 1 aromatic rings. The summed E-state index contributed by atoms with van der Waals surface area (Å²) in [7, 11) is 0. The molecule has 0 amide bonds. The lowest BCUT2D eigenvalue weighted by molar-refractivity contribution is 0.225. The average Bonchev–Trinajstić information content (AvgIpc) is 3.14. The molecular weight excluding hydrogens is 236 g/mol. The molecule has 2 aliphatic rings. The van der Waals surface area contributed by atoms with Crippen LogP contribution in [-0.4, -0.2) is 27.4 Å². The summed E-state index contributed by atoms with van der Waals surface area (Å²) in [5, 5.41) is 12.0. The fourth-order valence-corrected chi connectivity index (χ4v) is 3.22. The molecule has 106 valence electrons. The van der Waals surface area contributed by atoms with Crippen LogP contribution in [0.15, 0.2) is 6.33 Å². The monoisotopic (exact) mass is 262 g/mol. The summed E-state index contributed by atoms with van der Waals surface area (Å²) >= 11 is 0. The predicted octanol–water partition coefficient (Wildman–Crippen LogP) is 2.57. The number of aromatic nitrogens is 3. The topological polar surface area (TPSA) is 42.7 Å². The minimum absolute atomic E-state index is 0.693. The van der Waals surface area contributed by atoms with Gasteiger partial charge in [-0.2, -0.15) is 0 Å². The van der Waals surface area contributed by atoms with Crippen molar-refractivity contribution >= 4 is 0 Å². The van der Waals surface area contributed by atoms with Crippen LogP contribution < -0.4 is 5.32 Å². The highest BCUT2D eigenvalue weighted by atomic mass is 15.3. The lowest BCUT2D eigenvalue weighted by atomic mass is 9.79.